The molecular weight excluding hydrogens is 435 g/mol. The van der Waals surface area contributed by atoms with Crippen molar-refractivity contribution in [3.63, 3.8) is 0 Å². The first-order chi connectivity index (χ1) is 15.8. The Labute approximate surface area is 185 Å². The van der Waals surface area contributed by atoms with E-state index in [4.69, 9.17) is 4.98 Å². The van der Waals surface area contributed by atoms with Crippen LogP contribution in [0, 0.1) is 0 Å². The van der Waals surface area contributed by atoms with Gasteiger partial charge in [0, 0.05) is 43.3 Å². The smallest absolute Gasteiger partial charge is 0.350 e. The molecule has 33 heavy (non-hydrogen) atoms. The minimum absolute atomic E-state index is 0.115. The Morgan fingerprint density at radius 3 is 2.67 bits per heavy atom. The van der Waals surface area contributed by atoms with Gasteiger partial charge in [-0.2, -0.15) is 13.2 Å². The molecule has 5 rings (SSSR count). The van der Waals surface area contributed by atoms with Crippen molar-refractivity contribution in [2.75, 3.05) is 6.54 Å². The van der Waals surface area contributed by atoms with Crippen LogP contribution in [-0.4, -0.2) is 38.7 Å². The van der Waals surface area contributed by atoms with Crippen molar-refractivity contribution in [1.29, 1.82) is 0 Å². The summed E-state index contributed by atoms with van der Waals surface area (Å²) in [6.45, 7) is 0.880. The number of carbonyl (C=O) groups excluding carboxylic acids is 2. The second-order valence-corrected chi connectivity index (χ2v) is 7.67. The molecule has 168 valence electrons. The van der Waals surface area contributed by atoms with Crippen LogP contribution >= 0.6 is 0 Å². The standard InChI is InChI=1S/C23H18F3N5O2/c24-23(25,26)22(33)28-12-14-8-10-30(13-14)16-6-4-15(5-7-16)20-29-18-3-1-2-17-19(18)31(20)11-9-27-21(17)32/h1-8,10,13H,9,11-12H2,(H,27,32)(H,28,33). The fourth-order valence-corrected chi connectivity index (χ4v) is 3.95. The number of hydrogen-bond donors (Lipinski definition) is 2. The molecular formula is C23H18F3N5O2. The van der Waals surface area contributed by atoms with Gasteiger partial charge in [0.05, 0.1) is 16.6 Å². The number of aromatic nitrogens is 3. The average molecular weight is 453 g/mol. The summed E-state index contributed by atoms with van der Waals surface area (Å²) in [6, 6.07) is 14.7. The van der Waals surface area contributed by atoms with E-state index in [2.05, 4.69) is 5.32 Å². The van der Waals surface area contributed by atoms with Gasteiger partial charge >= 0.3 is 12.1 Å². The number of rotatable bonds is 4. The second-order valence-electron chi connectivity index (χ2n) is 7.67. The van der Waals surface area contributed by atoms with Crippen molar-refractivity contribution < 1.29 is 22.8 Å². The Kier molecular flexibility index (Phi) is 4.92. The van der Waals surface area contributed by atoms with Gasteiger partial charge in [0.25, 0.3) is 5.91 Å². The normalized spacial score (nSPS) is 13.6. The Balaban J connectivity index is 1.40. The molecule has 0 saturated carbocycles. The molecule has 0 unspecified atom stereocenters. The lowest BCUT2D eigenvalue weighted by Crippen LogP contribution is -2.36. The van der Waals surface area contributed by atoms with E-state index in [1.165, 1.54) is 0 Å². The van der Waals surface area contributed by atoms with E-state index in [9.17, 15) is 22.8 Å². The lowest BCUT2D eigenvalue weighted by molar-refractivity contribution is -0.173. The maximum atomic E-state index is 12.3. The van der Waals surface area contributed by atoms with Crippen molar-refractivity contribution in [3.05, 3.63) is 72.1 Å². The number of carbonyl (C=O) groups is 2. The van der Waals surface area contributed by atoms with Gasteiger partial charge in [-0.25, -0.2) is 4.98 Å². The molecule has 1 aliphatic rings. The summed E-state index contributed by atoms with van der Waals surface area (Å²) in [7, 11) is 0. The Hall–Kier alpha value is -4.08. The van der Waals surface area contributed by atoms with Gasteiger partial charge in [-0.3, -0.25) is 9.59 Å². The number of amides is 2. The predicted molar refractivity (Wildman–Crippen MR) is 115 cm³/mol. The van der Waals surface area contributed by atoms with E-state index in [1.807, 2.05) is 46.3 Å². The molecule has 1 aliphatic heterocycles. The third-order valence-electron chi connectivity index (χ3n) is 5.52. The van der Waals surface area contributed by atoms with Crippen LogP contribution in [0.2, 0.25) is 0 Å². The van der Waals surface area contributed by atoms with Crippen LogP contribution in [0.25, 0.3) is 28.1 Å². The quantitative estimate of drug-likeness (QED) is 0.497. The number of benzene rings is 2. The molecule has 0 bridgehead atoms. The molecule has 7 nitrogen and oxygen atoms in total. The third kappa shape index (κ3) is 3.84. The summed E-state index contributed by atoms with van der Waals surface area (Å²) < 4.78 is 40.8. The third-order valence-corrected chi connectivity index (χ3v) is 5.52. The first-order valence-corrected chi connectivity index (χ1v) is 10.2. The monoisotopic (exact) mass is 453 g/mol. The molecule has 2 aromatic carbocycles. The lowest BCUT2D eigenvalue weighted by atomic mass is 10.1. The first kappa shape index (κ1) is 20.8. The number of alkyl halides is 3. The number of imidazole rings is 1. The number of para-hydroxylation sites is 1. The SMILES string of the molecule is O=C1NCCn2c(-c3ccc(-n4ccc(CNC(=O)C(F)(F)F)c4)cc3)nc3cccc1c32. The summed E-state index contributed by atoms with van der Waals surface area (Å²) >= 11 is 0. The highest BCUT2D eigenvalue weighted by Crippen LogP contribution is 2.29. The van der Waals surface area contributed by atoms with E-state index >= 15 is 0 Å². The van der Waals surface area contributed by atoms with Gasteiger partial charge in [0.15, 0.2) is 0 Å². The van der Waals surface area contributed by atoms with E-state index < -0.39 is 12.1 Å². The number of nitrogens with one attached hydrogen (secondary N) is 2. The summed E-state index contributed by atoms with van der Waals surface area (Å²) in [5.41, 5.74) is 4.37. The zero-order valence-corrected chi connectivity index (χ0v) is 17.2. The zero-order valence-electron chi connectivity index (χ0n) is 17.2. The van der Waals surface area contributed by atoms with Gasteiger partial charge in [-0.15, -0.1) is 0 Å². The van der Waals surface area contributed by atoms with Crippen LogP contribution in [0.3, 0.4) is 0 Å². The van der Waals surface area contributed by atoms with Crippen molar-refractivity contribution >= 4 is 22.8 Å². The summed E-state index contributed by atoms with van der Waals surface area (Å²) in [5, 5.41) is 4.76. The number of hydrogen-bond acceptors (Lipinski definition) is 3. The second kappa shape index (κ2) is 7.80. The highest BCUT2D eigenvalue weighted by molar-refractivity contribution is 6.06. The van der Waals surface area contributed by atoms with E-state index in [0.29, 0.717) is 24.2 Å². The van der Waals surface area contributed by atoms with Crippen LogP contribution in [0.15, 0.2) is 60.9 Å². The highest BCUT2D eigenvalue weighted by Gasteiger charge is 2.38. The van der Waals surface area contributed by atoms with Crippen LogP contribution in [0.5, 0.6) is 0 Å². The molecule has 0 radical (unpaired) electrons. The molecule has 0 aliphatic carbocycles. The van der Waals surface area contributed by atoms with E-state index in [-0.39, 0.29) is 12.5 Å². The van der Waals surface area contributed by atoms with Gasteiger partial charge in [-0.05, 0) is 48.0 Å². The maximum Gasteiger partial charge on any atom is 0.471 e. The first-order valence-electron chi connectivity index (χ1n) is 10.2. The van der Waals surface area contributed by atoms with E-state index in [1.54, 1.807) is 29.1 Å². The molecule has 0 spiro atoms. The highest BCUT2D eigenvalue weighted by atomic mass is 19.4. The van der Waals surface area contributed by atoms with Crippen LogP contribution < -0.4 is 10.6 Å². The minimum atomic E-state index is -4.90. The Morgan fingerprint density at radius 2 is 1.91 bits per heavy atom. The van der Waals surface area contributed by atoms with Gasteiger partial charge in [0.2, 0.25) is 0 Å². The predicted octanol–water partition coefficient (Wildman–Crippen LogP) is 3.42. The molecule has 4 aromatic rings. The minimum Gasteiger partial charge on any atom is -0.350 e. The van der Waals surface area contributed by atoms with Gasteiger partial charge in [-0.1, -0.05) is 6.07 Å². The van der Waals surface area contributed by atoms with Crippen LogP contribution in [0.4, 0.5) is 13.2 Å². The molecule has 10 heteroatoms. The Bertz CT molecular complexity index is 1370. The molecule has 2 amide bonds. The molecule has 0 fully saturated rings. The van der Waals surface area contributed by atoms with Crippen LogP contribution in [0.1, 0.15) is 15.9 Å². The van der Waals surface area contributed by atoms with Crippen molar-refractivity contribution in [3.8, 4) is 17.1 Å². The molecule has 0 saturated heterocycles. The fourth-order valence-electron chi connectivity index (χ4n) is 3.95. The maximum absolute atomic E-state index is 12.3. The summed E-state index contributed by atoms with van der Waals surface area (Å²) in [6.07, 6.45) is -1.53. The largest absolute Gasteiger partial charge is 0.471 e. The topological polar surface area (TPSA) is 81.0 Å². The summed E-state index contributed by atoms with van der Waals surface area (Å²) in [4.78, 5) is 28.1. The Morgan fingerprint density at radius 1 is 1.12 bits per heavy atom. The van der Waals surface area contributed by atoms with E-state index in [0.717, 1.165) is 28.1 Å². The molecule has 2 N–H and O–H groups in total. The average Bonchev–Trinajstić information content (AvgIpc) is 3.37. The lowest BCUT2D eigenvalue weighted by Gasteiger charge is -2.09. The molecule has 0 atom stereocenters. The number of halogens is 3. The van der Waals surface area contributed by atoms with Crippen molar-refractivity contribution in [1.82, 2.24) is 24.8 Å². The van der Waals surface area contributed by atoms with Gasteiger partial charge < -0.3 is 19.8 Å². The fraction of sp³-hybridized carbons (Fsp3) is 0.174. The van der Waals surface area contributed by atoms with Crippen molar-refractivity contribution in [2.24, 2.45) is 0 Å². The zero-order chi connectivity index (χ0) is 23.2. The molecule has 2 aromatic heterocycles. The molecule has 3 heterocycles. The van der Waals surface area contributed by atoms with Crippen molar-refractivity contribution in [2.45, 2.75) is 19.3 Å². The van der Waals surface area contributed by atoms with Gasteiger partial charge in [0.1, 0.15) is 5.82 Å². The number of nitrogens with zero attached hydrogens (tertiary/aromatic N) is 3. The van der Waals surface area contributed by atoms with Crippen LogP contribution in [-0.2, 0) is 17.9 Å². The summed E-state index contributed by atoms with van der Waals surface area (Å²) in [5.74, 6) is -1.33.